The van der Waals surface area contributed by atoms with Crippen LogP contribution in [0.2, 0.25) is 0 Å². The molecular formula is C27H46O3. The minimum Gasteiger partial charge on any atom is -0.478 e. The molecular weight excluding hydrogens is 372 g/mol. The van der Waals surface area contributed by atoms with Crippen LogP contribution in [0.1, 0.15) is 123 Å². The number of carboxylic acid groups (broad SMARTS) is 1. The molecule has 0 spiro atoms. The van der Waals surface area contributed by atoms with Crippen molar-refractivity contribution in [2.45, 2.75) is 129 Å². The fourth-order valence-corrected chi connectivity index (χ4v) is 3.96. The predicted octanol–water partition coefficient (Wildman–Crippen LogP) is 8.56. The molecule has 0 bridgehead atoms. The third-order valence-corrected chi connectivity index (χ3v) is 6.05. The maximum atomic E-state index is 11.7. The SMILES string of the molecule is CCCCCCCCCCCCCCCCCCC(C)(Oc1ccccc1)C(=O)O. The van der Waals surface area contributed by atoms with Gasteiger partial charge in [-0.2, -0.15) is 0 Å². The Hall–Kier alpha value is -1.51. The van der Waals surface area contributed by atoms with E-state index in [0.717, 1.165) is 12.8 Å². The Balaban J connectivity index is 1.96. The van der Waals surface area contributed by atoms with Gasteiger partial charge in [0.1, 0.15) is 5.75 Å². The summed E-state index contributed by atoms with van der Waals surface area (Å²) in [7, 11) is 0. The first-order valence-electron chi connectivity index (χ1n) is 12.6. The molecule has 0 fully saturated rings. The number of aliphatic carboxylic acids is 1. The van der Waals surface area contributed by atoms with Crippen molar-refractivity contribution >= 4 is 5.97 Å². The van der Waals surface area contributed by atoms with E-state index >= 15 is 0 Å². The maximum Gasteiger partial charge on any atom is 0.347 e. The number of carboxylic acids is 1. The van der Waals surface area contributed by atoms with Gasteiger partial charge in [0.05, 0.1) is 0 Å². The number of para-hydroxylation sites is 1. The Kier molecular flexibility index (Phi) is 15.2. The summed E-state index contributed by atoms with van der Waals surface area (Å²) in [6.07, 6.45) is 21.7. The fourth-order valence-electron chi connectivity index (χ4n) is 3.96. The summed E-state index contributed by atoms with van der Waals surface area (Å²) in [5.41, 5.74) is -1.14. The summed E-state index contributed by atoms with van der Waals surface area (Å²) in [5.74, 6) is -0.258. The molecule has 172 valence electrons. The van der Waals surface area contributed by atoms with Crippen molar-refractivity contribution in [1.29, 1.82) is 0 Å². The molecule has 1 rings (SSSR count). The molecule has 1 aromatic rings. The quantitative estimate of drug-likeness (QED) is 0.216. The number of carbonyl (C=O) groups is 1. The molecule has 0 aliphatic heterocycles. The highest BCUT2D eigenvalue weighted by Crippen LogP contribution is 2.24. The third kappa shape index (κ3) is 12.9. The molecule has 1 unspecified atom stereocenters. The highest BCUT2D eigenvalue weighted by Gasteiger charge is 2.34. The van der Waals surface area contributed by atoms with Gasteiger partial charge in [-0.25, -0.2) is 4.79 Å². The first-order valence-corrected chi connectivity index (χ1v) is 12.6. The lowest BCUT2D eigenvalue weighted by molar-refractivity contribution is -0.154. The Morgan fingerprint density at radius 2 is 1.13 bits per heavy atom. The van der Waals surface area contributed by atoms with Gasteiger partial charge in [-0.15, -0.1) is 0 Å². The van der Waals surface area contributed by atoms with Gasteiger partial charge < -0.3 is 9.84 Å². The molecule has 0 aliphatic rings. The second-order valence-corrected chi connectivity index (χ2v) is 9.00. The normalized spacial score (nSPS) is 13.1. The van der Waals surface area contributed by atoms with Gasteiger partial charge in [-0.05, 0) is 31.9 Å². The van der Waals surface area contributed by atoms with Crippen LogP contribution >= 0.6 is 0 Å². The predicted molar refractivity (Wildman–Crippen MR) is 127 cm³/mol. The lowest BCUT2D eigenvalue weighted by Crippen LogP contribution is -2.41. The van der Waals surface area contributed by atoms with Crippen LogP contribution < -0.4 is 4.74 Å². The van der Waals surface area contributed by atoms with E-state index in [9.17, 15) is 9.90 Å². The summed E-state index contributed by atoms with van der Waals surface area (Å²) < 4.78 is 5.79. The van der Waals surface area contributed by atoms with Crippen molar-refractivity contribution in [3.8, 4) is 5.75 Å². The smallest absolute Gasteiger partial charge is 0.347 e. The first-order chi connectivity index (χ1) is 14.6. The Bertz CT molecular complexity index is 528. The average molecular weight is 419 g/mol. The second kappa shape index (κ2) is 17.2. The van der Waals surface area contributed by atoms with Crippen LogP contribution in [0.4, 0.5) is 0 Å². The molecule has 30 heavy (non-hydrogen) atoms. The maximum absolute atomic E-state index is 11.7. The van der Waals surface area contributed by atoms with E-state index in [1.165, 1.54) is 89.9 Å². The zero-order chi connectivity index (χ0) is 21.9. The van der Waals surface area contributed by atoms with E-state index in [-0.39, 0.29) is 0 Å². The molecule has 0 aromatic heterocycles. The zero-order valence-electron chi connectivity index (χ0n) is 19.7. The van der Waals surface area contributed by atoms with Gasteiger partial charge in [0.25, 0.3) is 0 Å². The molecule has 0 radical (unpaired) electrons. The Morgan fingerprint density at radius 1 is 0.733 bits per heavy atom. The number of ether oxygens (including phenoxy) is 1. The monoisotopic (exact) mass is 418 g/mol. The van der Waals surface area contributed by atoms with Gasteiger partial charge in [0, 0.05) is 0 Å². The van der Waals surface area contributed by atoms with Crippen LogP contribution in [0.25, 0.3) is 0 Å². The summed E-state index contributed by atoms with van der Waals surface area (Å²) in [6.45, 7) is 3.96. The van der Waals surface area contributed by atoms with Gasteiger partial charge in [0.2, 0.25) is 5.60 Å². The van der Waals surface area contributed by atoms with E-state index in [0.29, 0.717) is 12.2 Å². The lowest BCUT2D eigenvalue weighted by Gasteiger charge is -2.26. The van der Waals surface area contributed by atoms with E-state index in [4.69, 9.17) is 4.74 Å². The van der Waals surface area contributed by atoms with Gasteiger partial charge in [-0.3, -0.25) is 0 Å². The van der Waals surface area contributed by atoms with Crippen molar-refractivity contribution in [2.24, 2.45) is 0 Å². The van der Waals surface area contributed by atoms with Gasteiger partial charge in [0.15, 0.2) is 0 Å². The molecule has 0 saturated carbocycles. The lowest BCUT2D eigenvalue weighted by atomic mass is 9.97. The molecule has 0 amide bonds. The molecule has 3 heteroatoms. The molecule has 1 aromatic carbocycles. The highest BCUT2D eigenvalue weighted by atomic mass is 16.5. The van der Waals surface area contributed by atoms with Gasteiger partial charge in [-0.1, -0.05) is 121 Å². The third-order valence-electron chi connectivity index (χ3n) is 6.05. The van der Waals surface area contributed by atoms with Crippen molar-refractivity contribution in [1.82, 2.24) is 0 Å². The minimum atomic E-state index is -1.14. The standard InChI is InChI=1S/C27H46O3/c1-3-4-5-6-7-8-9-10-11-12-13-14-15-16-17-21-24-27(2,26(28)29)30-25-22-19-18-20-23-25/h18-20,22-23H,3-17,21,24H2,1-2H3,(H,28,29). The number of rotatable bonds is 20. The summed E-state index contributed by atoms with van der Waals surface area (Å²) >= 11 is 0. The molecule has 1 N–H and O–H groups in total. The molecule has 1 atom stereocenters. The molecule has 0 heterocycles. The number of unbranched alkanes of at least 4 members (excludes halogenated alkanes) is 15. The Labute approximate surface area is 185 Å². The molecule has 0 saturated heterocycles. The molecule has 0 aliphatic carbocycles. The Morgan fingerprint density at radius 3 is 1.53 bits per heavy atom. The topological polar surface area (TPSA) is 46.5 Å². The largest absolute Gasteiger partial charge is 0.478 e. The summed E-state index contributed by atoms with van der Waals surface area (Å²) in [4.78, 5) is 11.7. The minimum absolute atomic E-state index is 0.551. The van der Waals surface area contributed by atoms with Crippen molar-refractivity contribution in [3.63, 3.8) is 0 Å². The van der Waals surface area contributed by atoms with E-state index in [1.807, 2.05) is 30.3 Å². The van der Waals surface area contributed by atoms with E-state index in [1.54, 1.807) is 6.92 Å². The number of benzene rings is 1. The highest BCUT2D eigenvalue weighted by molar-refractivity contribution is 5.77. The van der Waals surface area contributed by atoms with Crippen molar-refractivity contribution in [2.75, 3.05) is 0 Å². The zero-order valence-corrected chi connectivity index (χ0v) is 19.7. The second-order valence-electron chi connectivity index (χ2n) is 9.00. The average Bonchev–Trinajstić information content (AvgIpc) is 2.74. The first kappa shape index (κ1) is 26.5. The van der Waals surface area contributed by atoms with E-state index in [2.05, 4.69) is 6.92 Å². The van der Waals surface area contributed by atoms with Crippen molar-refractivity contribution in [3.05, 3.63) is 30.3 Å². The van der Waals surface area contributed by atoms with Crippen LogP contribution in [0.5, 0.6) is 5.75 Å². The van der Waals surface area contributed by atoms with Crippen LogP contribution in [0.3, 0.4) is 0 Å². The number of hydrogen-bond acceptors (Lipinski definition) is 2. The van der Waals surface area contributed by atoms with Gasteiger partial charge >= 0.3 is 5.97 Å². The fraction of sp³-hybridized carbons (Fsp3) is 0.741. The summed E-state index contributed by atoms with van der Waals surface area (Å²) in [5, 5.41) is 9.59. The van der Waals surface area contributed by atoms with E-state index < -0.39 is 11.6 Å². The van der Waals surface area contributed by atoms with Crippen LogP contribution in [0.15, 0.2) is 30.3 Å². The van der Waals surface area contributed by atoms with Crippen LogP contribution in [-0.2, 0) is 4.79 Å². The van der Waals surface area contributed by atoms with Crippen LogP contribution in [-0.4, -0.2) is 16.7 Å². The van der Waals surface area contributed by atoms with Crippen LogP contribution in [0, 0.1) is 0 Å². The molecule has 3 nitrogen and oxygen atoms in total. The summed E-state index contributed by atoms with van der Waals surface area (Å²) in [6, 6.07) is 9.27. The number of hydrogen-bond donors (Lipinski definition) is 1. The van der Waals surface area contributed by atoms with Crippen molar-refractivity contribution < 1.29 is 14.6 Å².